The number of ether oxygens (including phenoxy) is 1. The van der Waals surface area contributed by atoms with Crippen molar-refractivity contribution < 1.29 is 14.3 Å². The number of Topliss-reactive ketones (excluding diaryl/α,β-unsaturated/α-hetero) is 1. The van der Waals surface area contributed by atoms with Crippen molar-refractivity contribution in [3.8, 4) is 0 Å². The van der Waals surface area contributed by atoms with Crippen LogP contribution in [0.1, 0.15) is 46.0 Å². The van der Waals surface area contributed by atoms with E-state index in [-0.39, 0.29) is 12.2 Å². The van der Waals surface area contributed by atoms with Gasteiger partial charge in [-0.15, -0.1) is 0 Å². The first-order valence-corrected chi connectivity index (χ1v) is 5.47. The van der Waals surface area contributed by atoms with Gasteiger partial charge in [0.2, 0.25) is 0 Å². The molecule has 86 valence electrons. The smallest absolute Gasteiger partial charge is 0.313 e. The fourth-order valence-corrected chi connectivity index (χ4v) is 1.05. The van der Waals surface area contributed by atoms with Crippen molar-refractivity contribution in [3.05, 3.63) is 12.2 Å². The van der Waals surface area contributed by atoms with Gasteiger partial charge in [0, 0.05) is 0 Å². The maximum atomic E-state index is 10.9. The van der Waals surface area contributed by atoms with E-state index in [4.69, 9.17) is 4.74 Å². The average molecular weight is 212 g/mol. The molecule has 0 aromatic rings. The number of hydrogen-bond donors (Lipinski definition) is 0. The summed E-state index contributed by atoms with van der Waals surface area (Å²) >= 11 is 0. The highest BCUT2D eigenvalue weighted by atomic mass is 16.5. The lowest BCUT2D eigenvalue weighted by Gasteiger charge is -2.00. The first-order valence-electron chi connectivity index (χ1n) is 5.47. The molecule has 0 saturated carbocycles. The van der Waals surface area contributed by atoms with Gasteiger partial charge in [0.05, 0.1) is 6.61 Å². The van der Waals surface area contributed by atoms with Crippen molar-refractivity contribution in [2.24, 2.45) is 0 Å². The van der Waals surface area contributed by atoms with Crippen molar-refractivity contribution >= 4 is 11.8 Å². The van der Waals surface area contributed by atoms with E-state index in [1.807, 2.05) is 6.08 Å². The third kappa shape index (κ3) is 10.8. The Balaban J connectivity index is 3.34. The standard InChI is InChI=1S/C12H20O3/c1-3-4-5-6-7-8-9-15-12(14)10-11(2)13/h6-7H,3-5,8-10H2,1-2H3. The van der Waals surface area contributed by atoms with Gasteiger partial charge in [-0.1, -0.05) is 31.9 Å². The number of hydrogen-bond acceptors (Lipinski definition) is 3. The van der Waals surface area contributed by atoms with Crippen LogP contribution in [0.2, 0.25) is 0 Å². The van der Waals surface area contributed by atoms with Crippen molar-refractivity contribution in [2.45, 2.75) is 46.0 Å². The molecular weight excluding hydrogens is 192 g/mol. The minimum Gasteiger partial charge on any atom is -0.465 e. The molecule has 0 radical (unpaired) electrons. The monoisotopic (exact) mass is 212 g/mol. The van der Waals surface area contributed by atoms with Crippen molar-refractivity contribution in [2.75, 3.05) is 6.61 Å². The summed E-state index contributed by atoms with van der Waals surface area (Å²) < 4.78 is 4.85. The number of carbonyl (C=O) groups excluding carboxylic acids is 2. The lowest BCUT2D eigenvalue weighted by Crippen LogP contribution is -2.09. The predicted octanol–water partition coefficient (Wildman–Crippen LogP) is 2.65. The highest BCUT2D eigenvalue weighted by Gasteiger charge is 2.04. The summed E-state index contributed by atoms with van der Waals surface area (Å²) in [5, 5.41) is 0. The molecule has 0 saturated heterocycles. The van der Waals surface area contributed by atoms with Crippen molar-refractivity contribution in [3.63, 3.8) is 0 Å². The van der Waals surface area contributed by atoms with Crippen LogP contribution in [0.25, 0.3) is 0 Å². The molecule has 0 bridgehead atoms. The van der Waals surface area contributed by atoms with E-state index >= 15 is 0 Å². The Bertz CT molecular complexity index is 219. The van der Waals surface area contributed by atoms with Crippen molar-refractivity contribution in [1.82, 2.24) is 0 Å². The second-order valence-corrected chi connectivity index (χ2v) is 3.50. The van der Waals surface area contributed by atoms with E-state index in [0.717, 1.165) is 12.8 Å². The lowest BCUT2D eigenvalue weighted by atomic mass is 10.2. The molecule has 3 heteroatoms. The summed E-state index contributed by atoms with van der Waals surface area (Å²) in [6.45, 7) is 3.90. The zero-order valence-corrected chi connectivity index (χ0v) is 9.62. The Morgan fingerprint density at radius 2 is 1.87 bits per heavy atom. The summed E-state index contributed by atoms with van der Waals surface area (Å²) in [4.78, 5) is 21.5. The van der Waals surface area contributed by atoms with E-state index in [9.17, 15) is 9.59 Å². The lowest BCUT2D eigenvalue weighted by molar-refractivity contribution is -0.145. The van der Waals surface area contributed by atoms with Gasteiger partial charge in [0.25, 0.3) is 0 Å². The van der Waals surface area contributed by atoms with Crippen LogP contribution < -0.4 is 0 Å². The topological polar surface area (TPSA) is 43.4 Å². The van der Waals surface area contributed by atoms with Gasteiger partial charge in [-0.05, 0) is 19.8 Å². The Labute approximate surface area is 91.5 Å². The zero-order valence-electron chi connectivity index (χ0n) is 9.62. The van der Waals surface area contributed by atoms with Gasteiger partial charge in [0.1, 0.15) is 12.2 Å². The Morgan fingerprint density at radius 3 is 2.47 bits per heavy atom. The SMILES string of the molecule is CCCCC=CCCOC(=O)CC(C)=O. The van der Waals surface area contributed by atoms with Crippen LogP contribution in [0, 0.1) is 0 Å². The molecule has 0 aromatic heterocycles. The summed E-state index contributed by atoms with van der Waals surface area (Å²) in [7, 11) is 0. The number of unbranched alkanes of at least 4 members (excludes halogenated alkanes) is 2. The fourth-order valence-electron chi connectivity index (χ4n) is 1.05. The molecule has 3 nitrogen and oxygen atoms in total. The average Bonchev–Trinajstić information content (AvgIpc) is 2.15. The van der Waals surface area contributed by atoms with E-state index in [1.165, 1.54) is 19.8 Å². The largest absolute Gasteiger partial charge is 0.465 e. The molecule has 0 rings (SSSR count). The van der Waals surface area contributed by atoms with Gasteiger partial charge in [-0.3, -0.25) is 9.59 Å². The summed E-state index contributed by atoms with van der Waals surface area (Å²) in [6, 6.07) is 0. The van der Waals surface area contributed by atoms with Gasteiger partial charge >= 0.3 is 5.97 Å². The molecule has 0 heterocycles. The molecule has 0 spiro atoms. The van der Waals surface area contributed by atoms with Crippen LogP contribution in [-0.2, 0) is 14.3 Å². The third-order valence-electron chi connectivity index (χ3n) is 1.83. The molecule has 0 fully saturated rings. The molecule has 15 heavy (non-hydrogen) atoms. The third-order valence-corrected chi connectivity index (χ3v) is 1.83. The maximum Gasteiger partial charge on any atom is 0.313 e. The van der Waals surface area contributed by atoms with E-state index in [0.29, 0.717) is 6.61 Å². The van der Waals surface area contributed by atoms with Crippen LogP contribution in [0.15, 0.2) is 12.2 Å². The van der Waals surface area contributed by atoms with Crippen LogP contribution in [-0.4, -0.2) is 18.4 Å². The molecule has 0 aromatic carbocycles. The fraction of sp³-hybridized carbons (Fsp3) is 0.667. The Kier molecular flexibility index (Phi) is 8.73. The van der Waals surface area contributed by atoms with Gasteiger partial charge in [-0.25, -0.2) is 0 Å². The van der Waals surface area contributed by atoms with Crippen LogP contribution in [0.5, 0.6) is 0 Å². The molecule has 0 atom stereocenters. The zero-order chi connectivity index (χ0) is 11.5. The molecule has 0 N–H and O–H groups in total. The minimum atomic E-state index is -0.426. The summed E-state index contributed by atoms with van der Waals surface area (Å²) in [5.74, 6) is -0.581. The molecule has 0 aliphatic heterocycles. The van der Waals surface area contributed by atoms with Gasteiger partial charge in [0.15, 0.2) is 0 Å². The second kappa shape index (κ2) is 9.44. The minimum absolute atomic E-state index is 0.112. The van der Waals surface area contributed by atoms with Crippen LogP contribution in [0.3, 0.4) is 0 Å². The number of carbonyl (C=O) groups is 2. The Morgan fingerprint density at radius 1 is 1.20 bits per heavy atom. The van der Waals surface area contributed by atoms with E-state index in [2.05, 4.69) is 13.0 Å². The maximum absolute atomic E-state index is 10.9. The first kappa shape index (κ1) is 13.9. The first-order chi connectivity index (χ1) is 7.16. The number of esters is 1. The highest BCUT2D eigenvalue weighted by Crippen LogP contribution is 1.97. The quantitative estimate of drug-likeness (QED) is 0.269. The number of rotatable bonds is 8. The van der Waals surface area contributed by atoms with Crippen LogP contribution in [0.4, 0.5) is 0 Å². The number of ketones is 1. The molecule has 0 aliphatic carbocycles. The molecule has 0 aliphatic rings. The molecule has 0 unspecified atom stereocenters. The van der Waals surface area contributed by atoms with Crippen molar-refractivity contribution in [1.29, 1.82) is 0 Å². The van der Waals surface area contributed by atoms with E-state index < -0.39 is 5.97 Å². The van der Waals surface area contributed by atoms with Gasteiger partial charge < -0.3 is 4.74 Å². The summed E-state index contributed by atoms with van der Waals surface area (Å²) in [6.07, 6.45) is 8.20. The highest BCUT2D eigenvalue weighted by molar-refractivity contribution is 5.94. The summed E-state index contributed by atoms with van der Waals surface area (Å²) in [5.41, 5.74) is 0. The van der Waals surface area contributed by atoms with Crippen LogP contribution >= 0.6 is 0 Å². The van der Waals surface area contributed by atoms with E-state index in [1.54, 1.807) is 0 Å². The molecule has 0 amide bonds. The van der Waals surface area contributed by atoms with Gasteiger partial charge in [-0.2, -0.15) is 0 Å². The Hall–Kier alpha value is -1.12. The predicted molar refractivity (Wildman–Crippen MR) is 59.5 cm³/mol. The number of allylic oxidation sites excluding steroid dienone is 1. The second-order valence-electron chi connectivity index (χ2n) is 3.50. The normalized spacial score (nSPS) is 10.5. The molecular formula is C12H20O3.